The molecule has 0 saturated carbocycles. The summed E-state index contributed by atoms with van der Waals surface area (Å²) in [7, 11) is 0. The van der Waals surface area contributed by atoms with Gasteiger partial charge in [-0.15, -0.1) is 0 Å². The van der Waals surface area contributed by atoms with Crippen molar-refractivity contribution < 1.29 is 4.79 Å². The molecule has 27 heavy (non-hydrogen) atoms. The molecule has 0 aliphatic carbocycles. The van der Waals surface area contributed by atoms with Crippen LogP contribution in [0.4, 0.5) is 0 Å². The molecule has 1 atom stereocenters. The molecular weight excluding hydrogens is 364 g/mol. The Balaban J connectivity index is 1.72. The Labute approximate surface area is 162 Å². The van der Waals surface area contributed by atoms with Gasteiger partial charge in [-0.2, -0.15) is 5.10 Å². The molecule has 0 aromatic carbocycles. The standard InChI is InChI=1S/C19H21ClN6O/c1-13(2)9-15(14-5-3-6-21-10-14)11-24-18(27)16-12-26(25-17(16)20)19-22-7-4-8-23-19/h3-8,10,12-13,15H,9,11H2,1-2H3,(H,24,27). The maximum Gasteiger partial charge on any atom is 0.256 e. The fraction of sp³-hybridized carbons (Fsp3) is 0.316. The Hall–Kier alpha value is -2.80. The van der Waals surface area contributed by atoms with Crippen molar-refractivity contribution in [1.82, 2.24) is 30.0 Å². The molecule has 3 aromatic rings. The highest BCUT2D eigenvalue weighted by Crippen LogP contribution is 2.23. The highest BCUT2D eigenvalue weighted by atomic mass is 35.5. The summed E-state index contributed by atoms with van der Waals surface area (Å²) in [5, 5.41) is 7.20. The molecule has 3 aromatic heterocycles. The molecule has 1 unspecified atom stereocenters. The van der Waals surface area contributed by atoms with Crippen molar-refractivity contribution in [3.8, 4) is 5.95 Å². The number of amides is 1. The van der Waals surface area contributed by atoms with Gasteiger partial charge in [0.2, 0.25) is 5.95 Å². The SMILES string of the molecule is CC(C)CC(CNC(=O)c1cn(-c2ncccn2)nc1Cl)c1cccnc1. The normalized spacial score (nSPS) is 12.1. The van der Waals surface area contributed by atoms with Gasteiger partial charge < -0.3 is 5.32 Å². The Kier molecular flexibility index (Phi) is 6.13. The Bertz CT molecular complexity index is 882. The summed E-state index contributed by atoms with van der Waals surface area (Å²) >= 11 is 6.15. The van der Waals surface area contributed by atoms with Crippen molar-refractivity contribution in [3.63, 3.8) is 0 Å². The number of halogens is 1. The van der Waals surface area contributed by atoms with Crippen molar-refractivity contribution in [3.05, 3.63) is 65.5 Å². The van der Waals surface area contributed by atoms with Gasteiger partial charge >= 0.3 is 0 Å². The molecule has 7 nitrogen and oxygen atoms in total. The third kappa shape index (κ3) is 4.89. The fourth-order valence-electron chi connectivity index (χ4n) is 2.85. The molecule has 0 aliphatic heterocycles. The summed E-state index contributed by atoms with van der Waals surface area (Å²) in [4.78, 5) is 25.0. The molecule has 0 bridgehead atoms. The molecule has 3 rings (SSSR count). The second-order valence-corrected chi connectivity index (χ2v) is 7.01. The molecule has 0 spiro atoms. The van der Waals surface area contributed by atoms with Gasteiger partial charge in [0.1, 0.15) is 0 Å². The molecule has 1 N–H and O–H groups in total. The van der Waals surface area contributed by atoms with Gasteiger partial charge in [0.15, 0.2) is 5.15 Å². The second-order valence-electron chi connectivity index (χ2n) is 6.65. The molecule has 0 saturated heterocycles. The largest absolute Gasteiger partial charge is 0.351 e. The lowest BCUT2D eigenvalue weighted by Crippen LogP contribution is -2.29. The van der Waals surface area contributed by atoms with Gasteiger partial charge in [0.05, 0.1) is 5.56 Å². The van der Waals surface area contributed by atoms with Crippen molar-refractivity contribution in [2.45, 2.75) is 26.2 Å². The Morgan fingerprint density at radius 3 is 2.67 bits per heavy atom. The van der Waals surface area contributed by atoms with Crippen molar-refractivity contribution in [2.24, 2.45) is 5.92 Å². The minimum absolute atomic E-state index is 0.113. The van der Waals surface area contributed by atoms with Crippen LogP contribution in [0.3, 0.4) is 0 Å². The number of hydrogen-bond donors (Lipinski definition) is 1. The number of aromatic nitrogens is 5. The second kappa shape index (κ2) is 8.73. The number of carbonyl (C=O) groups is 1. The highest BCUT2D eigenvalue weighted by molar-refractivity contribution is 6.32. The van der Waals surface area contributed by atoms with E-state index in [1.54, 1.807) is 24.7 Å². The summed E-state index contributed by atoms with van der Waals surface area (Å²) in [6.07, 6.45) is 9.26. The summed E-state index contributed by atoms with van der Waals surface area (Å²) in [6, 6.07) is 5.64. The zero-order valence-electron chi connectivity index (χ0n) is 15.2. The van der Waals surface area contributed by atoms with Crippen LogP contribution in [0.15, 0.2) is 49.2 Å². The van der Waals surface area contributed by atoms with Gasteiger partial charge in [-0.05, 0) is 30.0 Å². The van der Waals surface area contributed by atoms with Gasteiger partial charge in [-0.3, -0.25) is 9.78 Å². The van der Waals surface area contributed by atoms with Crippen LogP contribution in [0.5, 0.6) is 0 Å². The average molecular weight is 385 g/mol. The first-order valence-electron chi connectivity index (χ1n) is 8.75. The average Bonchev–Trinajstić information content (AvgIpc) is 3.08. The van der Waals surface area contributed by atoms with E-state index < -0.39 is 0 Å². The number of carbonyl (C=O) groups excluding carboxylic acids is 1. The van der Waals surface area contributed by atoms with E-state index >= 15 is 0 Å². The van der Waals surface area contributed by atoms with Crippen molar-refractivity contribution in [1.29, 1.82) is 0 Å². The topological polar surface area (TPSA) is 85.6 Å². The third-order valence-electron chi connectivity index (χ3n) is 4.09. The smallest absolute Gasteiger partial charge is 0.256 e. The number of nitrogens with zero attached hydrogens (tertiary/aromatic N) is 5. The fourth-order valence-corrected chi connectivity index (χ4v) is 3.07. The number of pyridine rings is 1. The lowest BCUT2D eigenvalue weighted by atomic mass is 9.91. The summed E-state index contributed by atoms with van der Waals surface area (Å²) in [5.41, 5.74) is 1.39. The number of hydrogen-bond acceptors (Lipinski definition) is 5. The summed E-state index contributed by atoms with van der Waals surface area (Å²) < 4.78 is 1.39. The van der Waals surface area contributed by atoms with Crippen LogP contribution >= 0.6 is 11.6 Å². The highest BCUT2D eigenvalue weighted by Gasteiger charge is 2.19. The van der Waals surface area contributed by atoms with Crippen LogP contribution in [-0.4, -0.2) is 37.2 Å². The lowest BCUT2D eigenvalue weighted by molar-refractivity contribution is 0.0950. The molecule has 1 amide bonds. The summed E-state index contributed by atoms with van der Waals surface area (Å²) in [6.45, 7) is 4.81. The third-order valence-corrected chi connectivity index (χ3v) is 4.37. The van der Waals surface area contributed by atoms with Crippen molar-refractivity contribution in [2.75, 3.05) is 6.54 Å². The van der Waals surface area contributed by atoms with Gasteiger partial charge in [-0.1, -0.05) is 31.5 Å². The van der Waals surface area contributed by atoms with E-state index in [0.29, 0.717) is 24.0 Å². The first kappa shape index (κ1) is 19.0. The minimum Gasteiger partial charge on any atom is -0.351 e. The van der Waals surface area contributed by atoms with Crippen LogP contribution in [0, 0.1) is 5.92 Å². The van der Waals surface area contributed by atoms with E-state index in [9.17, 15) is 4.79 Å². The quantitative estimate of drug-likeness (QED) is 0.675. The molecule has 8 heteroatoms. The van der Waals surface area contributed by atoms with E-state index in [2.05, 4.69) is 39.2 Å². The molecule has 140 valence electrons. The van der Waals surface area contributed by atoms with Crippen LogP contribution in [-0.2, 0) is 0 Å². The first-order chi connectivity index (χ1) is 13.0. The molecular formula is C19H21ClN6O. The lowest BCUT2D eigenvalue weighted by Gasteiger charge is -2.19. The predicted molar refractivity (Wildman–Crippen MR) is 103 cm³/mol. The monoisotopic (exact) mass is 384 g/mol. The van der Waals surface area contributed by atoms with E-state index in [4.69, 9.17) is 11.6 Å². The number of rotatable bonds is 7. The minimum atomic E-state index is -0.278. The first-order valence-corrected chi connectivity index (χ1v) is 9.13. The van der Waals surface area contributed by atoms with Crippen LogP contribution in [0.1, 0.15) is 42.1 Å². The van der Waals surface area contributed by atoms with E-state index in [1.165, 1.54) is 10.9 Å². The van der Waals surface area contributed by atoms with E-state index in [-0.39, 0.29) is 17.0 Å². The molecule has 3 heterocycles. The van der Waals surface area contributed by atoms with Gasteiger partial charge in [0, 0.05) is 43.4 Å². The zero-order valence-corrected chi connectivity index (χ0v) is 16.0. The van der Waals surface area contributed by atoms with E-state index in [1.807, 2.05) is 18.3 Å². The Morgan fingerprint density at radius 2 is 2.00 bits per heavy atom. The maximum atomic E-state index is 12.6. The van der Waals surface area contributed by atoms with Crippen molar-refractivity contribution >= 4 is 17.5 Å². The zero-order chi connectivity index (χ0) is 19.2. The Morgan fingerprint density at radius 1 is 1.22 bits per heavy atom. The van der Waals surface area contributed by atoms with Crippen LogP contribution < -0.4 is 5.32 Å². The molecule has 0 radical (unpaired) electrons. The van der Waals surface area contributed by atoms with Crippen LogP contribution in [0.2, 0.25) is 5.15 Å². The van der Waals surface area contributed by atoms with E-state index in [0.717, 1.165) is 12.0 Å². The van der Waals surface area contributed by atoms with Crippen LogP contribution in [0.25, 0.3) is 5.95 Å². The summed E-state index contributed by atoms with van der Waals surface area (Å²) in [5.74, 6) is 0.744. The molecule has 0 aliphatic rings. The predicted octanol–water partition coefficient (Wildman–Crippen LogP) is 3.27. The van der Waals surface area contributed by atoms with Gasteiger partial charge in [-0.25, -0.2) is 14.6 Å². The maximum absolute atomic E-state index is 12.6. The molecule has 0 fully saturated rings. The number of nitrogens with one attached hydrogen (secondary N) is 1. The van der Waals surface area contributed by atoms with Gasteiger partial charge in [0.25, 0.3) is 5.91 Å².